The normalized spacial score (nSPS) is 20.8. The standard InChI is InChI=1S/C16H18FN3O5S/c1-16(2)9-25-13(10-4-3-5-11(17)6-10)8-20(16)26(23,24)14-12(15(21)22)7-18-19-14/h3-7,13H,8-9H2,1-2H3,(H,18,19)(H,21,22). The molecular weight excluding hydrogens is 365 g/mol. The van der Waals surface area contributed by atoms with Gasteiger partial charge in [0.15, 0.2) is 5.03 Å². The number of nitrogens with zero attached hydrogens (tertiary/aromatic N) is 2. The Kier molecular flexibility index (Phi) is 4.59. The van der Waals surface area contributed by atoms with Gasteiger partial charge in [0, 0.05) is 6.54 Å². The average Bonchev–Trinajstić information content (AvgIpc) is 3.05. The number of nitrogens with one attached hydrogen (secondary N) is 1. The molecule has 1 saturated heterocycles. The maximum absolute atomic E-state index is 13.5. The SMILES string of the molecule is CC1(C)COC(c2cccc(F)c2)CN1S(=O)(=O)c1[nH]ncc1C(=O)O. The van der Waals surface area contributed by atoms with Gasteiger partial charge in [-0.25, -0.2) is 17.6 Å². The van der Waals surface area contributed by atoms with Crippen molar-refractivity contribution in [2.24, 2.45) is 0 Å². The molecule has 1 aliphatic rings. The van der Waals surface area contributed by atoms with Crippen LogP contribution >= 0.6 is 0 Å². The number of carboxylic acid groups (broad SMARTS) is 1. The third-order valence-electron chi connectivity index (χ3n) is 4.25. The summed E-state index contributed by atoms with van der Waals surface area (Å²) in [5, 5.41) is 14.5. The van der Waals surface area contributed by atoms with Crippen LogP contribution in [0.1, 0.15) is 35.9 Å². The monoisotopic (exact) mass is 383 g/mol. The van der Waals surface area contributed by atoms with Gasteiger partial charge in [0.25, 0.3) is 10.0 Å². The van der Waals surface area contributed by atoms with Crippen LogP contribution in [0.15, 0.2) is 35.5 Å². The van der Waals surface area contributed by atoms with Crippen LogP contribution in [0.3, 0.4) is 0 Å². The Labute approximate surface area is 149 Å². The van der Waals surface area contributed by atoms with E-state index in [4.69, 9.17) is 4.74 Å². The molecule has 1 atom stereocenters. The molecular formula is C16H18FN3O5S. The first-order valence-corrected chi connectivity index (χ1v) is 9.23. The minimum Gasteiger partial charge on any atom is -0.478 e. The largest absolute Gasteiger partial charge is 0.478 e. The summed E-state index contributed by atoms with van der Waals surface area (Å²) in [5.41, 5.74) is -0.859. The van der Waals surface area contributed by atoms with Gasteiger partial charge >= 0.3 is 5.97 Å². The maximum atomic E-state index is 13.5. The van der Waals surface area contributed by atoms with E-state index < -0.39 is 44.0 Å². The molecule has 0 spiro atoms. The van der Waals surface area contributed by atoms with Crippen molar-refractivity contribution in [1.29, 1.82) is 0 Å². The minimum atomic E-state index is -4.19. The summed E-state index contributed by atoms with van der Waals surface area (Å²) >= 11 is 0. The fourth-order valence-electron chi connectivity index (χ4n) is 2.89. The van der Waals surface area contributed by atoms with Crippen molar-refractivity contribution in [1.82, 2.24) is 14.5 Å². The Balaban J connectivity index is 2.00. The predicted molar refractivity (Wildman–Crippen MR) is 88.6 cm³/mol. The van der Waals surface area contributed by atoms with E-state index >= 15 is 0 Å². The lowest BCUT2D eigenvalue weighted by Crippen LogP contribution is -2.56. The number of H-pyrrole nitrogens is 1. The zero-order chi connectivity index (χ0) is 19.1. The molecule has 0 aliphatic carbocycles. The molecule has 140 valence electrons. The van der Waals surface area contributed by atoms with E-state index in [0.29, 0.717) is 5.56 Å². The molecule has 0 radical (unpaired) electrons. The van der Waals surface area contributed by atoms with E-state index in [1.165, 1.54) is 22.5 Å². The first kappa shape index (κ1) is 18.5. The van der Waals surface area contributed by atoms with Gasteiger partial charge in [-0.15, -0.1) is 0 Å². The van der Waals surface area contributed by atoms with E-state index in [1.807, 2.05) is 0 Å². The van der Waals surface area contributed by atoms with Gasteiger partial charge in [-0.2, -0.15) is 9.40 Å². The topological polar surface area (TPSA) is 113 Å². The average molecular weight is 383 g/mol. The number of sulfonamides is 1. The molecule has 2 N–H and O–H groups in total. The van der Waals surface area contributed by atoms with Crippen molar-refractivity contribution in [2.75, 3.05) is 13.2 Å². The number of aromatic amines is 1. The highest BCUT2D eigenvalue weighted by Crippen LogP contribution is 2.35. The van der Waals surface area contributed by atoms with E-state index in [1.54, 1.807) is 19.9 Å². The van der Waals surface area contributed by atoms with Crippen molar-refractivity contribution < 1.29 is 27.4 Å². The summed E-state index contributed by atoms with van der Waals surface area (Å²) in [7, 11) is -4.19. The molecule has 0 amide bonds. The molecule has 3 rings (SSSR count). The zero-order valence-electron chi connectivity index (χ0n) is 14.1. The number of rotatable bonds is 4. The van der Waals surface area contributed by atoms with E-state index in [0.717, 1.165) is 6.20 Å². The Morgan fingerprint density at radius 2 is 2.19 bits per heavy atom. The highest BCUT2D eigenvalue weighted by Gasteiger charge is 2.45. The number of aromatic nitrogens is 2. The Bertz CT molecular complexity index is 941. The van der Waals surface area contributed by atoms with Crippen LogP contribution in [-0.4, -0.2) is 52.7 Å². The van der Waals surface area contributed by atoms with Gasteiger partial charge in [0.05, 0.1) is 24.4 Å². The second kappa shape index (κ2) is 6.45. The van der Waals surface area contributed by atoms with Crippen molar-refractivity contribution in [2.45, 2.75) is 30.5 Å². The van der Waals surface area contributed by atoms with Crippen LogP contribution in [0.2, 0.25) is 0 Å². The third-order valence-corrected chi connectivity index (χ3v) is 6.30. The number of carboxylic acids is 1. The summed E-state index contributed by atoms with van der Waals surface area (Å²) in [6.07, 6.45) is 0.275. The quantitative estimate of drug-likeness (QED) is 0.832. The highest BCUT2D eigenvalue weighted by molar-refractivity contribution is 7.89. The zero-order valence-corrected chi connectivity index (χ0v) is 15.0. The number of morpholine rings is 1. The number of hydrogen-bond acceptors (Lipinski definition) is 5. The molecule has 0 saturated carbocycles. The molecule has 1 fully saturated rings. The lowest BCUT2D eigenvalue weighted by molar-refractivity contribution is -0.0657. The summed E-state index contributed by atoms with van der Waals surface area (Å²) < 4.78 is 46.6. The predicted octanol–water partition coefficient (Wildman–Crippen LogP) is 1.79. The fraction of sp³-hybridized carbons (Fsp3) is 0.375. The molecule has 0 bridgehead atoms. The lowest BCUT2D eigenvalue weighted by atomic mass is 10.0. The first-order chi connectivity index (χ1) is 12.1. The third kappa shape index (κ3) is 3.22. The maximum Gasteiger partial charge on any atom is 0.340 e. The number of ether oxygens (including phenoxy) is 1. The molecule has 2 heterocycles. The number of halogens is 1. The number of carbonyl (C=O) groups is 1. The van der Waals surface area contributed by atoms with Gasteiger partial charge in [0.1, 0.15) is 11.4 Å². The summed E-state index contributed by atoms with van der Waals surface area (Å²) in [6.45, 7) is 3.31. The molecule has 2 aromatic rings. The van der Waals surface area contributed by atoms with Gasteiger partial charge in [-0.1, -0.05) is 12.1 Å². The van der Waals surface area contributed by atoms with Crippen molar-refractivity contribution in [3.05, 3.63) is 47.4 Å². The molecule has 1 aromatic carbocycles. The molecule has 26 heavy (non-hydrogen) atoms. The van der Waals surface area contributed by atoms with E-state index in [-0.39, 0.29) is 13.2 Å². The van der Waals surface area contributed by atoms with Gasteiger partial charge < -0.3 is 9.84 Å². The van der Waals surface area contributed by atoms with Crippen LogP contribution < -0.4 is 0 Å². The second-order valence-corrected chi connectivity index (χ2v) is 8.42. The van der Waals surface area contributed by atoms with Crippen LogP contribution in [0.4, 0.5) is 4.39 Å². The molecule has 1 aliphatic heterocycles. The first-order valence-electron chi connectivity index (χ1n) is 7.79. The Morgan fingerprint density at radius 1 is 1.46 bits per heavy atom. The molecule has 1 unspecified atom stereocenters. The minimum absolute atomic E-state index is 0.0595. The van der Waals surface area contributed by atoms with Crippen molar-refractivity contribution in [3.63, 3.8) is 0 Å². The van der Waals surface area contributed by atoms with E-state index in [9.17, 15) is 22.7 Å². The van der Waals surface area contributed by atoms with Crippen LogP contribution in [0, 0.1) is 5.82 Å². The summed E-state index contributed by atoms with van der Waals surface area (Å²) in [5.74, 6) is -1.85. The fourth-order valence-corrected chi connectivity index (χ4v) is 4.73. The Morgan fingerprint density at radius 3 is 2.85 bits per heavy atom. The Hall–Kier alpha value is -2.30. The van der Waals surface area contributed by atoms with Gasteiger partial charge in [0.2, 0.25) is 0 Å². The van der Waals surface area contributed by atoms with Crippen LogP contribution in [0.5, 0.6) is 0 Å². The summed E-state index contributed by atoms with van der Waals surface area (Å²) in [4.78, 5) is 11.3. The lowest BCUT2D eigenvalue weighted by Gasteiger charge is -2.44. The highest BCUT2D eigenvalue weighted by atomic mass is 32.2. The molecule has 8 nitrogen and oxygen atoms in total. The van der Waals surface area contributed by atoms with Crippen molar-refractivity contribution >= 4 is 16.0 Å². The van der Waals surface area contributed by atoms with E-state index in [2.05, 4.69) is 10.2 Å². The number of benzene rings is 1. The molecule has 1 aromatic heterocycles. The van der Waals surface area contributed by atoms with Gasteiger partial charge in [-0.3, -0.25) is 5.10 Å². The number of aromatic carboxylic acids is 1. The molecule has 10 heteroatoms. The number of hydrogen-bond donors (Lipinski definition) is 2. The van der Waals surface area contributed by atoms with Crippen LogP contribution in [0.25, 0.3) is 0 Å². The second-order valence-electron chi connectivity index (χ2n) is 6.62. The summed E-state index contributed by atoms with van der Waals surface area (Å²) in [6, 6.07) is 5.74. The van der Waals surface area contributed by atoms with Crippen molar-refractivity contribution in [3.8, 4) is 0 Å². The van der Waals surface area contributed by atoms with Gasteiger partial charge in [-0.05, 0) is 31.5 Å². The van der Waals surface area contributed by atoms with Crippen LogP contribution in [-0.2, 0) is 14.8 Å². The smallest absolute Gasteiger partial charge is 0.340 e.